The summed E-state index contributed by atoms with van der Waals surface area (Å²) in [6, 6.07) is 2.35. The molecule has 1 N–H and O–H groups in total. The number of anilines is 2. The second kappa shape index (κ2) is 6.31. The van der Waals surface area contributed by atoms with Crippen LogP contribution in [0.1, 0.15) is 30.9 Å². The van der Waals surface area contributed by atoms with E-state index in [0.717, 1.165) is 42.9 Å². The van der Waals surface area contributed by atoms with Crippen molar-refractivity contribution in [3.05, 3.63) is 39.4 Å². The van der Waals surface area contributed by atoms with Crippen LogP contribution in [0.4, 0.5) is 11.8 Å². The molecule has 4 heterocycles. The van der Waals surface area contributed by atoms with Gasteiger partial charge in [0.05, 0.1) is 18.2 Å². The second-order valence-electron chi connectivity index (χ2n) is 6.75. The molecular weight excluding hydrogens is 322 g/mol. The number of thiophene rings is 1. The van der Waals surface area contributed by atoms with Gasteiger partial charge in [-0.05, 0) is 36.6 Å². The molecule has 0 radical (unpaired) electrons. The van der Waals surface area contributed by atoms with E-state index < -0.39 is 0 Å². The molecule has 2 atom stereocenters. The number of nitrogens with one attached hydrogen (secondary N) is 1. The minimum atomic E-state index is -0.213. The molecule has 0 spiro atoms. The molecule has 2 aliphatic rings. The number of quaternary nitrogens is 1. The van der Waals surface area contributed by atoms with Gasteiger partial charge < -0.3 is 20.1 Å². The van der Waals surface area contributed by atoms with Crippen LogP contribution >= 0.6 is 11.3 Å². The molecule has 0 amide bonds. The third kappa shape index (κ3) is 2.99. The second-order valence-corrected chi connectivity index (χ2v) is 7.53. The van der Waals surface area contributed by atoms with Gasteiger partial charge in [0.2, 0.25) is 5.95 Å². The Morgan fingerprint density at radius 2 is 2.42 bits per heavy atom. The standard InChI is InChI=1S/C17H23N5OS/c1-2-18-17-19-8-14-10-22(23,9-13-5-7-24-12-13)11-15-4-3-6-21(15)16(14)20-17/h5,7-8,12,15H,2-4,6,9-11H2,1H3,(H,18,19,20). The Labute approximate surface area is 146 Å². The summed E-state index contributed by atoms with van der Waals surface area (Å²) in [5.74, 6) is 1.62. The van der Waals surface area contributed by atoms with Crippen LogP contribution in [0.5, 0.6) is 0 Å². The van der Waals surface area contributed by atoms with Crippen molar-refractivity contribution < 1.29 is 4.65 Å². The number of hydrogen-bond donors (Lipinski definition) is 1. The minimum absolute atomic E-state index is 0.213. The zero-order valence-corrected chi connectivity index (χ0v) is 14.8. The summed E-state index contributed by atoms with van der Waals surface area (Å²) in [4.78, 5) is 11.5. The van der Waals surface area contributed by atoms with E-state index in [-0.39, 0.29) is 10.7 Å². The molecule has 1 saturated heterocycles. The van der Waals surface area contributed by atoms with Gasteiger partial charge in [0, 0.05) is 24.8 Å². The quantitative estimate of drug-likeness (QED) is 0.682. The Balaban J connectivity index is 1.69. The monoisotopic (exact) mass is 345 g/mol. The van der Waals surface area contributed by atoms with Gasteiger partial charge >= 0.3 is 0 Å². The first-order valence-corrected chi connectivity index (χ1v) is 9.56. The average molecular weight is 345 g/mol. The van der Waals surface area contributed by atoms with Gasteiger partial charge in [0.25, 0.3) is 0 Å². The predicted octanol–water partition coefficient (Wildman–Crippen LogP) is 2.97. The molecule has 2 aromatic rings. The van der Waals surface area contributed by atoms with Crippen molar-refractivity contribution in [2.75, 3.05) is 29.9 Å². The Morgan fingerprint density at radius 1 is 1.50 bits per heavy atom. The first-order valence-electron chi connectivity index (χ1n) is 8.61. The van der Waals surface area contributed by atoms with E-state index in [2.05, 4.69) is 26.6 Å². The summed E-state index contributed by atoms with van der Waals surface area (Å²) in [5, 5.41) is 20.9. The van der Waals surface area contributed by atoms with Crippen molar-refractivity contribution in [3.8, 4) is 0 Å². The lowest BCUT2D eigenvalue weighted by atomic mass is 10.2. The fourth-order valence-electron chi connectivity index (χ4n) is 3.90. The highest BCUT2D eigenvalue weighted by Crippen LogP contribution is 2.35. The lowest BCUT2D eigenvalue weighted by molar-refractivity contribution is -0.907. The van der Waals surface area contributed by atoms with Gasteiger partial charge in [0.15, 0.2) is 0 Å². The van der Waals surface area contributed by atoms with Crippen LogP contribution in [0.2, 0.25) is 0 Å². The fourth-order valence-corrected chi connectivity index (χ4v) is 4.56. The van der Waals surface area contributed by atoms with Crippen LogP contribution in [0.3, 0.4) is 0 Å². The minimum Gasteiger partial charge on any atom is -0.632 e. The topological polar surface area (TPSA) is 64.1 Å². The van der Waals surface area contributed by atoms with E-state index in [9.17, 15) is 5.21 Å². The number of hydroxylamine groups is 3. The van der Waals surface area contributed by atoms with E-state index in [4.69, 9.17) is 4.98 Å². The summed E-state index contributed by atoms with van der Waals surface area (Å²) >= 11 is 1.65. The Bertz CT molecular complexity index is 707. The fraction of sp³-hybridized carbons (Fsp3) is 0.529. The molecule has 0 saturated carbocycles. The first-order chi connectivity index (χ1) is 11.7. The highest BCUT2D eigenvalue weighted by molar-refractivity contribution is 7.07. The van der Waals surface area contributed by atoms with Crippen molar-refractivity contribution in [1.29, 1.82) is 0 Å². The van der Waals surface area contributed by atoms with E-state index in [0.29, 0.717) is 25.6 Å². The van der Waals surface area contributed by atoms with E-state index in [1.54, 1.807) is 11.3 Å². The van der Waals surface area contributed by atoms with Crippen molar-refractivity contribution >= 4 is 23.1 Å². The molecule has 6 nitrogen and oxygen atoms in total. The molecule has 2 aliphatic heterocycles. The zero-order valence-electron chi connectivity index (χ0n) is 13.9. The summed E-state index contributed by atoms with van der Waals surface area (Å²) in [5.41, 5.74) is 2.11. The predicted molar refractivity (Wildman–Crippen MR) is 96.8 cm³/mol. The van der Waals surface area contributed by atoms with Gasteiger partial charge in [-0.1, -0.05) is 0 Å². The van der Waals surface area contributed by atoms with Crippen molar-refractivity contribution in [2.45, 2.75) is 38.9 Å². The van der Waals surface area contributed by atoms with E-state index in [1.165, 1.54) is 0 Å². The number of rotatable bonds is 4. The molecule has 4 rings (SSSR count). The molecule has 0 aromatic carbocycles. The molecule has 2 aromatic heterocycles. The normalized spacial score (nSPS) is 25.9. The van der Waals surface area contributed by atoms with Gasteiger partial charge in [0.1, 0.15) is 18.9 Å². The van der Waals surface area contributed by atoms with Crippen LogP contribution in [0, 0.1) is 5.21 Å². The maximum atomic E-state index is 13.6. The Morgan fingerprint density at radius 3 is 3.21 bits per heavy atom. The molecule has 24 heavy (non-hydrogen) atoms. The number of nitrogens with zero attached hydrogens (tertiary/aromatic N) is 4. The van der Waals surface area contributed by atoms with Crippen LogP contribution in [-0.2, 0) is 13.1 Å². The molecule has 128 valence electrons. The zero-order chi connectivity index (χ0) is 16.6. The lowest BCUT2D eigenvalue weighted by Gasteiger charge is -2.43. The third-order valence-corrected chi connectivity index (χ3v) is 5.61. The molecule has 1 fully saturated rings. The van der Waals surface area contributed by atoms with Gasteiger partial charge in [-0.2, -0.15) is 16.3 Å². The van der Waals surface area contributed by atoms with Crippen molar-refractivity contribution in [1.82, 2.24) is 9.97 Å². The average Bonchev–Trinajstić information content (AvgIpc) is 3.19. The van der Waals surface area contributed by atoms with Crippen molar-refractivity contribution in [3.63, 3.8) is 0 Å². The molecule has 2 unspecified atom stereocenters. The third-order valence-electron chi connectivity index (χ3n) is 4.88. The highest BCUT2D eigenvalue weighted by Gasteiger charge is 2.38. The van der Waals surface area contributed by atoms with E-state index >= 15 is 0 Å². The summed E-state index contributed by atoms with van der Waals surface area (Å²) in [7, 11) is 0. The SMILES string of the molecule is CCNc1ncc2c(n1)N1CCCC1C[N+]([O-])(Cc1ccsc1)C2. The number of fused-ring (bicyclic) bond motifs is 3. The van der Waals surface area contributed by atoms with Crippen LogP contribution in [0.25, 0.3) is 0 Å². The van der Waals surface area contributed by atoms with Crippen molar-refractivity contribution in [2.24, 2.45) is 0 Å². The largest absolute Gasteiger partial charge is 0.632 e. The van der Waals surface area contributed by atoms with Gasteiger partial charge in [-0.15, -0.1) is 0 Å². The molecule has 7 heteroatoms. The van der Waals surface area contributed by atoms with Gasteiger partial charge in [-0.25, -0.2) is 4.98 Å². The summed E-state index contributed by atoms with van der Waals surface area (Å²) in [6.07, 6.45) is 4.05. The highest BCUT2D eigenvalue weighted by atomic mass is 32.1. The molecular formula is C17H23N5OS. The number of aromatic nitrogens is 2. The van der Waals surface area contributed by atoms with Gasteiger partial charge in [-0.3, -0.25) is 0 Å². The number of hydrogen-bond acceptors (Lipinski definition) is 6. The van der Waals surface area contributed by atoms with Crippen LogP contribution in [-0.4, -0.2) is 40.3 Å². The summed E-state index contributed by atoms with van der Waals surface area (Å²) < 4.78 is -0.213. The maximum absolute atomic E-state index is 13.6. The summed E-state index contributed by atoms with van der Waals surface area (Å²) in [6.45, 7) is 5.42. The Hall–Kier alpha value is -1.70. The first kappa shape index (κ1) is 15.8. The smallest absolute Gasteiger partial charge is 0.224 e. The van der Waals surface area contributed by atoms with Crippen LogP contribution in [0.15, 0.2) is 23.0 Å². The Kier molecular flexibility index (Phi) is 4.15. The lowest BCUT2D eigenvalue weighted by Crippen LogP contribution is -2.47. The van der Waals surface area contributed by atoms with E-state index in [1.807, 2.05) is 18.5 Å². The molecule has 0 bridgehead atoms. The van der Waals surface area contributed by atoms with Crippen LogP contribution < -0.4 is 10.2 Å². The molecule has 0 aliphatic carbocycles. The maximum Gasteiger partial charge on any atom is 0.224 e.